The van der Waals surface area contributed by atoms with Crippen LogP contribution in [0.25, 0.3) is 0 Å². The minimum absolute atomic E-state index is 0.0499. The summed E-state index contributed by atoms with van der Waals surface area (Å²) in [4.78, 5) is 0. The zero-order valence-corrected chi connectivity index (χ0v) is 10.5. The standard InChI is InChI=1S/C13H19F2NO2/c1-2-17-9-4-7-16-8-10-18-12-6-3-5-11(14)13(12)15/h3,5-6,16H,2,4,7-10H2,1H3. The lowest BCUT2D eigenvalue weighted by Crippen LogP contribution is -2.23. The zero-order valence-electron chi connectivity index (χ0n) is 10.5. The van der Waals surface area contributed by atoms with Crippen molar-refractivity contribution in [2.45, 2.75) is 13.3 Å². The molecule has 0 heterocycles. The van der Waals surface area contributed by atoms with Crippen LogP contribution in [0, 0.1) is 11.6 Å². The van der Waals surface area contributed by atoms with Gasteiger partial charge in [-0.3, -0.25) is 0 Å². The molecule has 5 heteroatoms. The Morgan fingerprint density at radius 1 is 1.17 bits per heavy atom. The van der Waals surface area contributed by atoms with Gasteiger partial charge < -0.3 is 14.8 Å². The van der Waals surface area contributed by atoms with Crippen molar-refractivity contribution in [2.24, 2.45) is 0 Å². The highest BCUT2D eigenvalue weighted by Gasteiger charge is 2.07. The summed E-state index contributed by atoms with van der Waals surface area (Å²) < 4.78 is 36.3. The van der Waals surface area contributed by atoms with Gasteiger partial charge in [0.15, 0.2) is 11.6 Å². The van der Waals surface area contributed by atoms with Crippen LogP contribution in [0.5, 0.6) is 5.75 Å². The summed E-state index contributed by atoms with van der Waals surface area (Å²) in [5.74, 6) is -1.88. The fraction of sp³-hybridized carbons (Fsp3) is 0.538. The Bertz CT molecular complexity index is 348. The molecule has 0 fully saturated rings. The first-order valence-electron chi connectivity index (χ1n) is 6.11. The van der Waals surface area contributed by atoms with Crippen LogP contribution in [0.4, 0.5) is 8.78 Å². The number of rotatable bonds is 9. The molecule has 3 nitrogen and oxygen atoms in total. The van der Waals surface area contributed by atoms with E-state index in [0.717, 1.165) is 32.2 Å². The second-order valence-corrected chi connectivity index (χ2v) is 3.70. The number of ether oxygens (including phenoxy) is 2. The molecule has 0 unspecified atom stereocenters. The highest BCUT2D eigenvalue weighted by atomic mass is 19.2. The van der Waals surface area contributed by atoms with Crippen LogP contribution in [0.2, 0.25) is 0 Å². The van der Waals surface area contributed by atoms with Crippen LogP contribution >= 0.6 is 0 Å². The van der Waals surface area contributed by atoms with Crippen LogP contribution in [0.1, 0.15) is 13.3 Å². The molecular weight excluding hydrogens is 240 g/mol. The number of nitrogens with one attached hydrogen (secondary N) is 1. The largest absolute Gasteiger partial charge is 0.489 e. The molecule has 0 aliphatic carbocycles. The van der Waals surface area contributed by atoms with E-state index in [2.05, 4.69) is 5.32 Å². The Hall–Kier alpha value is -1.20. The summed E-state index contributed by atoms with van der Waals surface area (Å²) in [6.45, 7) is 5.10. The van der Waals surface area contributed by atoms with Gasteiger partial charge in [0.25, 0.3) is 0 Å². The molecule has 0 radical (unpaired) electrons. The Kier molecular flexibility index (Phi) is 7.29. The van der Waals surface area contributed by atoms with E-state index in [9.17, 15) is 8.78 Å². The molecule has 1 aromatic rings. The molecule has 0 saturated carbocycles. The van der Waals surface area contributed by atoms with Crippen molar-refractivity contribution in [3.63, 3.8) is 0 Å². The summed E-state index contributed by atoms with van der Waals surface area (Å²) >= 11 is 0. The maximum absolute atomic E-state index is 13.2. The van der Waals surface area contributed by atoms with E-state index in [-0.39, 0.29) is 5.75 Å². The highest BCUT2D eigenvalue weighted by Crippen LogP contribution is 2.18. The van der Waals surface area contributed by atoms with Gasteiger partial charge >= 0.3 is 0 Å². The Labute approximate surface area is 106 Å². The quantitative estimate of drug-likeness (QED) is 0.691. The Morgan fingerprint density at radius 2 is 2.00 bits per heavy atom. The van der Waals surface area contributed by atoms with E-state index in [1.807, 2.05) is 6.92 Å². The van der Waals surface area contributed by atoms with Gasteiger partial charge in [0.2, 0.25) is 5.82 Å². The topological polar surface area (TPSA) is 30.5 Å². The summed E-state index contributed by atoms with van der Waals surface area (Å²) in [5, 5.41) is 3.13. The molecule has 1 aromatic carbocycles. The number of hydrogen-bond donors (Lipinski definition) is 1. The van der Waals surface area contributed by atoms with Crippen molar-refractivity contribution in [1.82, 2.24) is 5.32 Å². The number of hydrogen-bond acceptors (Lipinski definition) is 3. The van der Waals surface area contributed by atoms with Crippen molar-refractivity contribution in [1.29, 1.82) is 0 Å². The first-order valence-corrected chi connectivity index (χ1v) is 6.11. The molecule has 0 aliphatic rings. The molecular formula is C13H19F2NO2. The predicted molar refractivity (Wildman–Crippen MR) is 65.8 cm³/mol. The Balaban J connectivity index is 2.09. The molecule has 0 amide bonds. The second kappa shape index (κ2) is 8.83. The molecule has 0 atom stereocenters. The summed E-state index contributed by atoms with van der Waals surface area (Å²) in [6.07, 6.45) is 0.919. The van der Waals surface area contributed by atoms with Crippen LogP contribution in [0.15, 0.2) is 18.2 Å². The van der Waals surface area contributed by atoms with E-state index in [1.54, 1.807) is 0 Å². The first kappa shape index (κ1) is 14.9. The van der Waals surface area contributed by atoms with Crippen molar-refractivity contribution < 1.29 is 18.3 Å². The molecule has 0 aliphatic heterocycles. The van der Waals surface area contributed by atoms with E-state index < -0.39 is 11.6 Å². The molecule has 0 bridgehead atoms. The Morgan fingerprint density at radius 3 is 2.78 bits per heavy atom. The van der Waals surface area contributed by atoms with E-state index in [1.165, 1.54) is 12.1 Å². The van der Waals surface area contributed by atoms with Gasteiger partial charge in [-0.25, -0.2) is 4.39 Å². The van der Waals surface area contributed by atoms with E-state index >= 15 is 0 Å². The van der Waals surface area contributed by atoms with E-state index in [0.29, 0.717) is 13.2 Å². The minimum atomic E-state index is -0.936. The average molecular weight is 259 g/mol. The van der Waals surface area contributed by atoms with Gasteiger partial charge in [0.05, 0.1) is 0 Å². The van der Waals surface area contributed by atoms with Crippen molar-refractivity contribution in [3.05, 3.63) is 29.8 Å². The molecule has 1 rings (SSSR count). The summed E-state index contributed by atoms with van der Waals surface area (Å²) in [5.41, 5.74) is 0. The van der Waals surface area contributed by atoms with Crippen molar-refractivity contribution >= 4 is 0 Å². The highest BCUT2D eigenvalue weighted by molar-refractivity contribution is 5.24. The van der Waals surface area contributed by atoms with Crippen LogP contribution in [0.3, 0.4) is 0 Å². The summed E-state index contributed by atoms with van der Waals surface area (Å²) in [7, 11) is 0. The predicted octanol–water partition coefficient (Wildman–Crippen LogP) is 2.36. The lowest BCUT2D eigenvalue weighted by Gasteiger charge is -2.08. The van der Waals surface area contributed by atoms with Crippen molar-refractivity contribution in [3.8, 4) is 5.75 Å². The smallest absolute Gasteiger partial charge is 0.200 e. The molecule has 1 N–H and O–H groups in total. The first-order chi connectivity index (χ1) is 8.75. The van der Waals surface area contributed by atoms with Crippen molar-refractivity contribution in [2.75, 3.05) is 32.9 Å². The normalized spacial score (nSPS) is 10.6. The lowest BCUT2D eigenvalue weighted by molar-refractivity contribution is 0.144. The molecule has 0 spiro atoms. The second-order valence-electron chi connectivity index (χ2n) is 3.70. The summed E-state index contributed by atoms with van der Waals surface area (Å²) in [6, 6.07) is 3.89. The van der Waals surface area contributed by atoms with Gasteiger partial charge in [-0.05, 0) is 32.0 Å². The maximum Gasteiger partial charge on any atom is 0.200 e. The number of benzene rings is 1. The van der Waals surface area contributed by atoms with Crippen LogP contribution in [-0.4, -0.2) is 32.9 Å². The maximum atomic E-state index is 13.2. The average Bonchev–Trinajstić information content (AvgIpc) is 2.37. The van der Waals surface area contributed by atoms with Gasteiger partial charge in [0.1, 0.15) is 6.61 Å². The van der Waals surface area contributed by atoms with Gasteiger partial charge in [-0.1, -0.05) is 6.07 Å². The van der Waals surface area contributed by atoms with Gasteiger partial charge in [0, 0.05) is 19.8 Å². The molecule has 102 valence electrons. The minimum Gasteiger partial charge on any atom is -0.489 e. The van der Waals surface area contributed by atoms with Gasteiger partial charge in [-0.2, -0.15) is 4.39 Å². The monoisotopic (exact) mass is 259 g/mol. The number of halogens is 2. The molecule has 0 saturated heterocycles. The fourth-order valence-electron chi connectivity index (χ4n) is 1.40. The van der Waals surface area contributed by atoms with E-state index in [4.69, 9.17) is 9.47 Å². The van der Waals surface area contributed by atoms with Gasteiger partial charge in [-0.15, -0.1) is 0 Å². The lowest BCUT2D eigenvalue weighted by atomic mass is 10.3. The molecule has 18 heavy (non-hydrogen) atoms. The van der Waals surface area contributed by atoms with Crippen LogP contribution in [-0.2, 0) is 4.74 Å². The fourth-order valence-corrected chi connectivity index (χ4v) is 1.40. The third-order valence-electron chi connectivity index (χ3n) is 2.30. The third-order valence-corrected chi connectivity index (χ3v) is 2.30. The molecule has 0 aromatic heterocycles. The van der Waals surface area contributed by atoms with Crippen LogP contribution < -0.4 is 10.1 Å². The SMILES string of the molecule is CCOCCCNCCOc1cccc(F)c1F. The third kappa shape index (κ3) is 5.42. The zero-order chi connectivity index (χ0) is 13.2.